The number of rotatable bonds is 7. The first-order chi connectivity index (χ1) is 7.31. The van der Waals surface area contributed by atoms with Crippen LogP contribution in [0, 0.1) is 0 Å². The summed E-state index contributed by atoms with van der Waals surface area (Å²) in [5, 5.41) is 0. The Morgan fingerprint density at radius 2 is 1.69 bits per heavy atom. The standard InChI is InChI=1S/C6H14NO7PS/c1-4-13-15(9,14-5-2)6(8)7-16(10,11)12-3/h4-5H2,1-3H3,(H,7,8). The molecule has 0 saturated heterocycles. The lowest BCUT2D eigenvalue weighted by Crippen LogP contribution is -2.31. The molecule has 0 aliphatic rings. The van der Waals surface area contributed by atoms with E-state index in [-0.39, 0.29) is 13.2 Å². The summed E-state index contributed by atoms with van der Waals surface area (Å²) in [5.74, 6) is 0. The quantitative estimate of drug-likeness (QED) is 0.686. The summed E-state index contributed by atoms with van der Waals surface area (Å²) in [7, 11) is -7.55. The third-order valence-corrected chi connectivity index (χ3v) is 4.11. The summed E-state index contributed by atoms with van der Waals surface area (Å²) in [6.07, 6.45) is 0. The van der Waals surface area contributed by atoms with Crippen molar-refractivity contribution < 1.29 is 31.0 Å². The van der Waals surface area contributed by atoms with Gasteiger partial charge in [-0.05, 0) is 13.8 Å². The Hall–Kier alpha value is -0.470. The highest BCUT2D eigenvalue weighted by molar-refractivity contribution is 7.87. The van der Waals surface area contributed by atoms with Crippen LogP contribution in [-0.2, 0) is 28.1 Å². The van der Waals surface area contributed by atoms with Crippen molar-refractivity contribution in [3.8, 4) is 0 Å². The maximum absolute atomic E-state index is 11.7. The largest absolute Gasteiger partial charge is 0.419 e. The van der Waals surface area contributed by atoms with E-state index in [4.69, 9.17) is 0 Å². The molecule has 10 heteroatoms. The van der Waals surface area contributed by atoms with Crippen LogP contribution >= 0.6 is 7.60 Å². The second-order valence-corrected chi connectivity index (χ2v) is 5.72. The van der Waals surface area contributed by atoms with Gasteiger partial charge in [0.15, 0.2) is 0 Å². The Bertz CT molecular complexity index is 368. The van der Waals surface area contributed by atoms with Gasteiger partial charge in [0.05, 0.1) is 20.3 Å². The molecule has 0 atom stereocenters. The molecule has 0 heterocycles. The minimum absolute atomic E-state index is 0.0578. The molecule has 8 nitrogen and oxygen atoms in total. The second kappa shape index (κ2) is 6.31. The summed E-state index contributed by atoms with van der Waals surface area (Å²) in [5.41, 5.74) is -1.38. The Morgan fingerprint density at radius 3 is 2.00 bits per heavy atom. The van der Waals surface area contributed by atoms with Gasteiger partial charge in [-0.3, -0.25) is 8.98 Å². The number of carbonyl (C=O) groups excluding carboxylic acids is 1. The van der Waals surface area contributed by atoms with Crippen molar-refractivity contribution in [3.63, 3.8) is 0 Å². The van der Waals surface area contributed by atoms with Crippen molar-refractivity contribution in [2.75, 3.05) is 20.3 Å². The van der Waals surface area contributed by atoms with Crippen molar-refractivity contribution in [1.82, 2.24) is 4.72 Å². The Balaban J connectivity index is 4.84. The third kappa shape index (κ3) is 4.58. The fraction of sp³-hybridized carbons (Fsp3) is 0.833. The van der Waals surface area contributed by atoms with Gasteiger partial charge in [0.2, 0.25) is 0 Å². The summed E-state index contributed by atoms with van der Waals surface area (Å²) in [6.45, 7) is 2.86. The predicted molar refractivity (Wildman–Crippen MR) is 55.3 cm³/mol. The van der Waals surface area contributed by atoms with E-state index in [1.807, 2.05) is 0 Å². The van der Waals surface area contributed by atoms with Crippen molar-refractivity contribution in [2.45, 2.75) is 13.8 Å². The van der Waals surface area contributed by atoms with Crippen molar-refractivity contribution in [3.05, 3.63) is 0 Å². The van der Waals surface area contributed by atoms with E-state index in [1.54, 1.807) is 0 Å². The molecule has 0 spiro atoms. The lowest BCUT2D eigenvalue weighted by molar-refractivity contribution is 0.209. The van der Waals surface area contributed by atoms with Gasteiger partial charge in [0, 0.05) is 0 Å². The minimum atomic E-state index is -4.27. The van der Waals surface area contributed by atoms with E-state index in [0.717, 1.165) is 7.11 Å². The molecule has 0 unspecified atom stereocenters. The first-order valence-corrected chi connectivity index (χ1v) is 7.28. The molecular formula is C6H14NO7PS. The van der Waals surface area contributed by atoms with Crippen LogP contribution in [0.4, 0.5) is 4.79 Å². The molecule has 0 saturated carbocycles. The maximum atomic E-state index is 11.7. The number of amides is 1. The Morgan fingerprint density at radius 1 is 1.25 bits per heavy atom. The van der Waals surface area contributed by atoms with E-state index in [0.29, 0.717) is 0 Å². The molecule has 96 valence electrons. The molecule has 0 aliphatic heterocycles. The van der Waals surface area contributed by atoms with Gasteiger partial charge in [0.25, 0.3) is 0 Å². The molecule has 0 bridgehead atoms. The minimum Gasteiger partial charge on any atom is -0.302 e. The van der Waals surface area contributed by atoms with Gasteiger partial charge in [-0.2, -0.15) is 8.42 Å². The Kier molecular flexibility index (Phi) is 6.13. The van der Waals surface area contributed by atoms with Crippen molar-refractivity contribution in [1.29, 1.82) is 0 Å². The van der Waals surface area contributed by atoms with Gasteiger partial charge in [0.1, 0.15) is 0 Å². The second-order valence-electron chi connectivity index (χ2n) is 2.36. The molecule has 0 radical (unpaired) electrons. The molecule has 0 aromatic heterocycles. The zero-order valence-electron chi connectivity index (χ0n) is 9.13. The van der Waals surface area contributed by atoms with Gasteiger partial charge < -0.3 is 9.05 Å². The van der Waals surface area contributed by atoms with Gasteiger partial charge >= 0.3 is 23.5 Å². The van der Waals surface area contributed by atoms with E-state index < -0.39 is 23.5 Å². The lowest BCUT2D eigenvalue weighted by atomic mass is 10.9. The van der Waals surface area contributed by atoms with Crippen molar-refractivity contribution >= 4 is 23.5 Å². The summed E-state index contributed by atoms with van der Waals surface area (Å²) >= 11 is 0. The Labute approximate surface area is 94.0 Å². The molecular weight excluding hydrogens is 261 g/mol. The van der Waals surface area contributed by atoms with Crippen LogP contribution in [-0.4, -0.2) is 34.4 Å². The van der Waals surface area contributed by atoms with Crippen LogP contribution < -0.4 is 4.72 Å². The third-order valence-electron chi connectivity index (χ3n) is 1.28. The maximum Gasteiger partial charge on any atom is 0.419 e. The highest BCUT2D eigenvalue weighted by Gasteiger charge is 2.37. The normalized spacial score (nSPS) is 12.4. The molecule has 0 fully saturated rings. The van der Waals surface area contributed by atoms with Crippen molar-refractivity contribution in [2.24, 2.45) is 0 Å². The van der Waals surface area contributed by atoms with Crippen LogP contribution in [0.5, 0.6) is 0 Å². The van der Waals surface area contributed by atoms with Crippen LogP contribution in [0.25, 0.3) is 0 Å². The van der Waals surface area contributed by atoms with Crippen LogP contribution in [0.1, 0.15) is 13.8 Å². The fourth-order valence-corrected chi connectivity index (χ4v) is 2.77. The van der Waals surface area contributed by atoms with Crippen LogP contribution in [0.2, 0.25) is 0 Å². The SMILES string of the molecule is CCOP(=O)(OCC)C(=O)NS(=O)(=O)OC. The number of hydrogen-bond acceptors (Lipinski definition) is 7. The predicted octanol–water partition coefficient (Wildman–Crippen LogP) is 0.853. The summed E-state index contributed by atoms with van der Waals surface area (Å²) in [6, 6.07) is 0. The highest BCUT2D eigenvalue weighted by Crippen LogP contribution is 2.48. The molecule has 1 N–H and O–H groups in total. The number of hydrogen-bond donors (Lipinski definition) is 1. The van der Waals surface area contributed by atoms with E-state index >= 15 is 0 Å². The van der Waals surface area contributed by atoms with E-state index in [1.165, 1.54) is 18.6 Å². The molecule has 0 aromatic carbocycles. The average Bonchev–Trinajstić information content (AvgIpc) is 2.18. The molecule has 16 heavy (non-hydrogen) atoms. The van der Waals surface area contributed by atoms with Crippen LogP contribution in [0.3, 0.4) is 0 Å². The summed E-state index contributed by atoms with van der Waals surface area (Å²) in [4.78, 5) is 11.3. The van der Waals surface area contributed by atoms with E-state index in [2.05, 4.69) is 13.2 Å². The number of nitrogens with one attached hydrogen (secondary N) is 1. The fourth-order valence-electron chi connectivity index (χ4n) is 0.699. The monoisotopic (exact) mass is 275 g/mol. The molecule has 0 aromatic rings. The highest BCUT2D eigenvalue weighted by atomic mass is 32.2. The van der Waals surface area contributed by atoms with Gasteiger partial charge in [-0.15, -0.1) is 0 Å². The molecule has 1 amide bonds. The zero-order chi connectivity index (χ0) is 12.8. The molecule has 0 aliphatic carbocycles. The van der Waals surface area contributed by atoms with Gasteiger partial charge in [-0.1, -0.05) is 0 Å². The number of carbonyl (C=O) groups is 1. The average molecular weight is 275 g/mol. The molecule has 0 rings (SSSR count). The van der Waals surface area contributed by atoms with E-state index in [9.17, 15) is 17.8 Å². The summed E-state index contributed by atoms with van der Waals surface area (Å²) < 4.78 is 48.1. The first kappa shape index (κ1) is 15.5. The first-order valence-electron chi connectivity index (χ1n) is 4.33. The smallest absolute Gasteiger partial charge is 0.302 e. The topological polar surface area (TPSA) is 108 Å². The van der Waals surface area contributed by atoms with Crippen LogP contribution in [0.15, 0.2) is 0 Å². The zero-order valence-corrected chi connectivity index (χ0v) is 10.8. The van der Waals surface area contributed by atoms with Gasteiger partial charge in [-0.25, -0.2) is 9.29 Å². The lowest BCUT2D eigenvalue weighted by Gasteiger charge is -2.15.